The average molecular weight is 229 g/mol. The molecule has 0 aromatic heterocycles. The summed E-state index contributed by atoms with van der Waals surface area (Å²) in [7, 11) is 0. The third kappa shape index (κ3) is 2.21. The SMILES string of the molecule is CC(C)(C)OC(=O)C1(F)CNCC1C1CC1. The predicted octanol–water partition coefficient (Wildman–Crippen LogP) is 1.67. The lowest BCUT2D eigenvalue weighted by Gasteiger charge is -2.29. The molecule has 92 valence electrons. The van der Waals surface area contributed by atoms with E-state index >= 15 is 0 Å². The number of halogens is 1. The van der Waals surface area contributed by atoms with Gasteiger partial charge in [-0.05, 0) is 39.5 Å². The third-order valence-corrected chi connectivity index (χ3v) is 3.26. The average Bonchev–Trinajstić information content (AvgIpc) is 2.88. The number of carbonyl (C=O) groups is 1. The van der Waals surface area contributed by atoms with E-state index in [1.807, 2.05) is 0 Å². The van der Waals surface area contributed by atoms with Crippen LogP contribution in [0.2, 0.25) is 0 Å². The van der Waals surface area contributed by atoms with Gasteiger partial charge in [0.2, 0.25) is 5.67 Å². The van der Waals surface area contributed by atoms with Crippen molar-refractivity contribution in [1.82, 2.24) is 5.32 Å². The van der Waals surface area contributed by atoms with Crippen LogP contribution in [-0.2, 0) is 9.53 Å². The fraction of sp³-hybridized carbons (Fsp3) is 0.917. The van der Waals surface area contributed by atoms with Gasteiger partial charge in [-0.25, -0.2) is 9.18 Å². The topological polar surface area (TPSA) is 38.3 Å². The Kier molecular flexibility index (Phi) is 2.73. The first kappa shape index (κ1) is 11.8. The minimum absolute atomic E-state index is 0.100. The van der Waals surface area contributed by atoms with Crippen LogP contribution < -0.4 is 5.32 Å². The number of ether oxygens (including phenoxy) is 1. The van der Waals surface area contributed by atoms with Crippen LogP contribution in [0.15, 0.2) is 0 Å². The maximum Gasteiger partial charge on any atom is 0.346 e. The van der Waals surface area contributed by atoms with Gasteiger partial charge in [-0.3, -0.25) is 0 Å². The summed E-state index contributed by atoms with van der Waals surface area (Å²) in [6, 6.07) is 0. The highest BCUT2D eigenvalue weighted by Crippen LogP contribution is 2.46. The van der Waals surface area contributed by atoms with Crippen molar-refractivity contribution in [2.75, 3.05) is 13.1 Å². The summed E-state index contributed by atoms with van der Waals surface area (Å²) in [5.74, 6) is -0.517. The van der Waals surface area contributed by atoms with Crippen LogP contribution in [0, 0.1) is 11.8 Å². The zero-order valence-corrected chi connectivity index (χ0v) is 10.2. The number of hydrogen-bond donors (Lipinski definition) is 1. The molecule has 1 aliphatic heterocycles. The molecule has 0 radical (unpaired) electrons. The zero-order chi connectivity index (χ0) is 12.0. The van der Waals surface area contributed by atoms with Gasteiger partial charge in [-0.1, -0.05) is 0 Å². The van der Waals surface area contributed by atoms with Crippen molar-refractivity contribution in [1.29, 1.82) is 0 Å². The molecule has 1 saturated heterocycles. The van der Waals surface area contributed by atoms with E-state index in [1.165, 1.54) is 0 Å². The fourth-order valence-corrected chi connectivity index (χ4v) is 2.33. The summed E-state index contributed by atoms with van der Waals surface area (Å²) in [5.41, 5.74) is -2.43. The largest absolute Gasteiger partial charge is 0.458 e. The normalized spacial score (nSPS) is 35.1. The highest BCUT2D eigenvalue weighted by Gasteiger charge is 2.56. The van der Waals surface area contributed by atoms with Crippen molar-refractivity contribution in [2.24, 2.45) is 11.8 Å². The molecule has 4 heteroatoms. The van der Waals surface area contributed by atoms with Crippen LogP contribution in [-0.4, -0.2) is 30.3 Å². The molecule has 2 unspecified atom stereocenters. The molecule has 16 heavy (non-hydrogen) atoms. The second-order valence-electron chi connectivity index (χ2n) is 5.94. The van der Waals surface area contributed by atoms with Gasteiger partial charge >= 0.3 is 5.97 Å². The molecule has 2 fully saturated rings. The number of nitrogens with one attached hydrogen (secondary N) is 1. The molecule has 1 heterocycles. The van der Waals surface area contributed by atoms with E-state index in [0.29, 0.717) is 12.5 Å². The Morgan fingerprint density at radius 2 is 2.06 bits per heavy atom. The first-order valence-electron chi connectivity index (χ1n) is 5.96. The van der Waals surface area contributed by atoms with Gasteiger partial charge in [-0.15, -0.1) is 0 Å². The summed E-state index contributed by atoms with van der Waals surface area (Å²) < 4.78 is 19.8. The molecule has 2 atom stereocenters. The molecular formula is C12H20FNO2. The Hall–Kier alpha value is -0.640. The van der Waals surface area contributed by atoms with Gasteiger partial charge in [0, 0.05) is 19.0 Å². The number of hydrogen-bond acceptors (Lipinski definition) is 3. The Balaban J connectivity index is 2.07. The standard InChI is InChI=1S/C12H20FNO2/c1-11(2,3)16-10(15)12(13)7-14-6-9(12)8-4-5-8/h8-9,14H,4-7H2,1-3H3. The lowest BCUT2D eigenvalue weighted by atomic mass is 9.88. The van der Waals surface area contributed by atoms with Crippen LogP contribution in [0.5, 0.6) is 0 Å². The third-order valence-electron chi connectivity index (χ3n) is 3.26. The second kappa shape index (κ2) is 3.69. The van der Waals surface area contributed by atoms with Crippen molar-refractivity contribution >= 4 is 5.97 Å². The minimum Gasteiger partial charge on any atom is -0.458 e. The molecule has 2 rings (SSSR count). The molecule has 1 saturated carbocycles. The molecule has 0 aromatic carbocycles. The van der Waals surface area contributed by atoms with E-state index in [2.05, 4.69) is 5.32 Å². The van der Waals surface area contributed by atoms with Crippen LogP contribution in [0.1, 0.15) is 33.6 Å². The summed E-state index contributed by atoms with van der Waals surface area (Å²) >= 11 is 0. The smallest absolute Gasteiger partial charge is 0.346 e. The van der Waals surface area contributed by atoms with Crippen molar-refractivity contribution in [2.45, 2.75) is 44.9 Å². The summed E-state index contributed by atoms with van der Waals surface area (Å²) in [6.45, 7) is 6.00. The highest BCUT2D eigenvalue weighted by molar-refractivity contribution is 5.81. The number of carbonyl (C=O) groups excluding carboxylic acids is 1. The van der Waals surface area contributed by atoms with Crippen LogP contribution in [0.3, 0.4) is 0 Å². The fourth-order valence-electron chi connectivity index (χ4n) is 2.33. The van der Waals surface area contributed by atoms with E-state index in [9.17, 15) is 9.18 Å². The Morgan fingerprint density at radius 1 is 1.44 bits per heavy atom. The number of rotatable bonds is 2. The minimum atomic E-state index is -1.81. The van der Waals surface area contributed by atoms with Crippen LogP contribution >= 0.6 is 0 Å². The van der Waals surface area contributed by atoms with Gasteiger partial charge in [0.1, 0.15) is 5.60 Å². The molecule has 0 bridgehead atoms. The maximum atomic E-state index is 14.7. The van der Waals surface area contributed by atoms with Gasteiger partial charge in [0.05, 0.1) is 0 Å². The molecular weight excluding hydrogens is 209 g/mol. The van der Waals surface area contributed by atoms with Crippen molar-refractivity contribution in [3.63, 3.8) is 0 Å². The molecule has 3 nitrogen and oxygen atoms in total. The van der Waals surface area contributed by atoms with E-state index in [-0.39, 0.29) is 12.5 Å². The monoisotopic (exact) mass is 229 g/mol. The second-order valence-corrected chi connectivity index (χ2v) is 5.94. The van der Waals surface area contributed by atoms with Gasteiger partial charge in [0.15, 0.2) is 0 Å². The first-order valence-corrected chi connectivity index (χ1v) is 5.96. The van der Waals surface area contributed by atoms with Gasteiger partial charge in [0.25, 0.3) is 0 Å². The lowest BCUT2D eigenvalue weighted by molar-refractivity contribution is -0.171. The number of esters is 1. The quantitative estimate of drug-likeness (QED) is 0.732. The van der Waals surface area contributed by atoms with Gasteiger partial charge in [-0.2, -0.15) is 0 Å². The lowest BCUT2D eigenvalue weighted by Crippen LogP contribution is -2.46. The van der Waals surface area contributed by atoms with Crippen LogP contribution in [0.25, 0.3) is 0 Å². The highest BCUT2D eigenvalue weighted by atomic mass is 19.1. The van der Waals surface area contributed by atoms with Crippen molar-refractivity contribution in [3.05, 3.63) is 0 Å². The van der Waals surface area contributed by atoms with E-state index in [1.54, 1.807) is 20.8 Å². The molecule has 0 amide bonds. The summed E-state index contributed by atoms with van der Waals surface area (Å²) in [4.78, 5) is 11.9. The molecule has 1 N–H and O–H groups in total. The predicted molar refractivity (Wildman–Crippen MR) is 58.8 cm³/mol. The van der Waals surface area contributed by atoms with Gasteiger partial charge < -0.3 is 10.1 Å². The maximum absolute atomic E-state index is 14.7. The van der Waals surface area contributed by atoms with E-state index < -0.39 is 17.2 Å². The molecule has 1 aliphatic carbocycles. The first-order chi connectivity index (χ1) is 7.33. The van der Waals surface area contributed by atoms with Crippen molar-refractivity contribution in [3.8, 4) is 0 Å². The Labute approximate surface area is 95.7 Å². The summed E-state index contributed by atoms with van der Waals surface area (Å²) in [5, 5.41) is 2.98. The Bertz CT molecular complexity index is 296. The zero-order valence-electron chi connectivity index (χ0n) is 10.2. The van der Waals surface area contributed by atoms with Crippen molar-refractivity contribution < 1.29 is 13.9 Å². The molecule has 0 aromatic rings. The van der Waals surface area contributed by atoms with Crippen LogP contribution in [0.4, 0.5) is 4.39 Å². The van der Waals surface area contributed by atoms with E-state index in [4.69, 9.17) is 4.74 Å². The molecule has 2 aliphatic rings. The van der Waals surface area contributed by atoms with E-state index in [0.717, 1.165) is 12.8 Å². The molecule has 0 spiro atoms. The number of alkyl halides is 1. The summed E-state index contributed by atoms with van der Waals surface area (Å²) in [6.07, 6.45) is 2.08. The Morgan fingerprint density at radius 3 is 2.56 bits per heavy atom.